The maximum Gasteiger partial charge on any atom is 0.408 e. The number of amides is 3. The van der Waals surface area contributed by atoms with E-state index in [4.69, 9.17) is 22.1 Å². The predicted molar refractivity (Wildman–Crippen MR) is 148 cm³/mol. The van der Waals surface area contributed by atoms with Crippen molar-refractivity contribution in [3.05, 3.63) is 64.9 Å². The second-order valence-electron chi connectivity index (χ2n) is 11.0. The molecule has 2 aliphatic rings. The third-order valence-corrected chi connectivity index (χ3v) is 7.23. The Morgan fingerprint density at radius 3 is 2.62 bits per heavy atom. The first-order valence-electron chi connectivity index (χ1n) is 13.3. The third-order valence-electron chi connectivity index (χ3n) is 7.00. The normalized spacial score (nSPS) is 19.8. The van der Waals surface area contributed by atoms with Gasteiger partial charge in [0.1, 0.15) is 18.0 Å². The Morgan fingerprint density at radius 1 is 1.21 bits per heavy atom. The van der Waals surface area contributed by atoms with Gasteiger partial charge in [0.2, 0.25) is 11.8 Å². The van der Waals surface area contributed by atoms with Gasteiger partial charge < -0.3 is 20.7 Å². The van der Waals surface area contributed by atoms with Crippen molar-refractivity contribution in [2.75, 3.05) is 26.2 Å². The first kappa shape index (κ1) is 31.4. The number of nitrogens with one attached hydrogen (secondary N) is 1. The first-order chi connectivity index (χ1) is 19.7. The number of alkyl halides is 3. The minimum Gasteiger partial charge on any atom is -0.374 e. The number of nitrogens with zero attached hydrogens (tertiary/aromatic N) is 4. The first-order valence-corrected chi connectivity index (χ1v) is 13.6. The summed E-state index contributed by atoms with van der Waals surface area (Å²) in [5.74, 6) is -2.04. The number of rotatable bonds is 10. The number of hydrazone groups is 1. The van der Waals surface area contributed by atoms with Crippen LogP contribution in [0.3, 0.4) is 0 Å². The van der Waals surface area contributed by atoms with E-state index in [1.165, 1.54) is 24.9 Å². The smallest absolute Gasteiger partial charge is 0.374 e. The second-order valence-corrected chi connectivity index (χ2v) is 11.4. The van der Waals surface area contributed by atoms with Crippen LogP contribution in [0.1, 0.15) is 31.5 Å². The van der Waals surface area contributed by atoms with Crippen LogP contribution in [0.15, 0.2) is 53.8 Å². The fourth-order valence-corrected chi connectivity index (χ4v) is 5.14. The van der Waals surface area contributed by atoms with Crippen molar-refractivity contribution in [2.45, 2.75) is 51.1 Å². The minimum atomic E-state index is -4.67. The Morgan fingerprint density at radius 2 is 1.98 bits per heavy atom. The van der Waals surface area contributed by atoms with Gasteiger partial charge in [0.15, 0.2) is 0 Å². The number of hydrogen-bond donors (Lipinski definition) is 2. The van der Waals surface area contributed by atoms with Gasteiger partial charge in [0.05, 0.1) is 24.5 Å². The van der Waals surface area contributed by atoms with Crippen LogP contribution in [0.4, 0.5) is 13.2 Å². The largest absolute Gasteiger partial charge is 0.408 e. The molecule has 1 saturated heterocycles. The van der Waals surface area contributed by atoms with Crippen molar-refractivity contribution >= 4 is 35.0 Å². The van der Waals surface area contributed by atoms with Crippen LogP contribution in [-0.2, 0) is 32.1 Å². The quantitative estimate of drug-likeness (QED) is 0.427. The molecule has 0 aliphatic carbocycles. The average Bonchev–Trinajstić information content (AvgIpc) is 3.16. The molecule has 10 nitrogen and oxygen atoms in total. The Balaban J connectivity index is 1.58. The van der Waals surface area contributed by atoms with Crippen molar-refractivity contribution in [1.29, 1.82) is 0 Å². The van der Waals surface area contributed by atoms with Gasteiger partial charge in [-0.2, -0.15) is 18.3 Å². The number of likely N-dealkylation sites (tertiary alicyclic amines) is 1. The van der Waals surface area contributed by atoms with E-state index in [0.717, 1.165) is 5.56 Å². The second kappa shape index (κ2) is 12.4. The van der Waals surface area contributed by atoms with E-state index < -0.39 is 47.4 Å². The molecule has 0 saturated carbocycles. The zero-order valence-electron chi connectivity index (χ0n) is 23.2. The topological polar surface area (TPSA) is 130 Å². The van der Waals surface area contributed by atoms with E-state index in [1.807, 2.05) is 0 Å². The monoisotopic (exact) mass is 608 g/mol. The Hall–Kier alpha value is -3.55. The molecule has 0 radical (unpaired) electrons. The number of carbonyl (C=O) groups is 3. The van der Waals surface area contributed by atoms with Crippen LogP contribution in [0.25, 0.3) is 0 Å². The van der Waals surface area contributed by atoms with Crippen LogP contribution in [0.2, 0.25) is 5.02 Å². The number of benzene rings is 1. The van der Waals surface area contributed by atoms with Gasteiger partial charge in [-0.15, -0.1) is 0 Å². The fourth-order valence-electron chi connectivity index (χ4n) is 4.92. The standard InChI is InChI=1S/C28H32ClF3N6O4/c1-26(2,33)24(40)35-21(15-42-14-18-6-5-7-19(29)12-18)23(39)37-11-9-22-27(16-37,13-20-8-3-4-10-34-20)25(41)38(36-22)17-28(30,31)32/h3-8,10,12,21H,9,11,13-17,33H2,1-2H3,(H,35,40)/t21-,27-/m1/s1. The molecular weight excluding hydrogens is 577 g/mol. The van der Waals surface area contributed by atoms with E-state index in [1.54, 1.807) is 42.5 Å². The minimum absolute atomic E-state index is 0.0538. The molecule has 0 unspecified atom stereocenters. The molecule has 3 heterocycles. The van der Waals surface area contributed by atoms with Crippen LogP contribution < -0.4 is 11.1 Å². The lowest BCUT2D eigenvalue weighted by molar-refractivity contribution is -0.164. The van der Waals surface area contributed by atoms with E-state index in [0.29, 0.717) is 15.7 Å². The van der Waals surface area contributed by atoms with Crippen molar-refractivity contribution in [3.63, 3.8) is 0 Å². The number of carbonyl (C=O) groups excluding carboxylic acids is 3. The number of nitrogens with two attached hydrogens (primary N) is 1. The maximum atomic E-state index is 13.9. The summed E-state index contributed by atoms with van der Waals surface area (Å²) in [6, 6.07) is 10.8. The molecule has 1 fully saturated rings. The van der Waals surface area contributed by atoms with Gasteiger partial charge in [0, 0.05) is 42.8 Å². The number of piperidine rings is 1. The van der Waals surface area contributed by atoms with Gasteiger partial charge in [-0.3, -0.25) is 19.4 Å². The molecule has 2 aliphatic heterocycles. The number of pyridine rings is 1. The summed E-state index contributed by atoms with van der Waals surface area (Å²) in [5, 5.41) is 7.61. The predicted octanol–water partition coefficient (Wildman–Crippen LogP) is 2.70. The highest BCUT2D eigenvalue weighted by atomic mass is 35.5. The molecule has 3 amide bonds. The van der Waals surface area contributed by atoms with Crippen molar-refractivity contribution < 1.29 is 32.3 Å². The molecule has 2 aromatic rings. The van der Waals surface area contributed by atoms with Gasteiger partial charge in [-0.05, 0) is 43.7 Å². The van der Waals surface area contributed by atoms with Crippen LogP contribution in [-0.4, -0.2) is 82.3 Å². The molecule has 2 atom stereocenters. The maximum absolute atomic E-state index is 13.9. The summed E-state index contributed by atoms with van der Waals surface area (Å²) in [6.07, 6.45) is -3.15. The number of hydrogen-bond acceptors (Lipinski definition) is 7. The summed E-state index contributed by atoms with van der Waals surface area (Å²) >= 11 is 6.04. The van der Waals surface area contributed by atoms with E-state index in [-0.39, 0.29) is 44.9 Å². The van der Waals surface area contributed by atoms with Crippen molar-refractivity contribution in [2.24, 2.45) is 16.3 Å². The molecule has 1 aromatic carbocycles. The summed E-state index contributed by atoms with van der Waals surface area (Å²) in [5.41, 5.74) is 4.55. The molecule has 4 rings (SSSR count). The Labute approximate surface area is 246 Å². The summed E-state index contributed by atoms with van der Waals surface area (Å²) < 4.78 is 45.6. The van der Waals surface area contributed by atoms with Crippen molar-refractivity contribution in [1.82, 2.24) is 20.2 Å². The summed E-state index contributed by atoms with van der Waals surface area (Å²) in [6.45, 7) is 1.10. The van der Waals surface area contributed by atoms with Gasteiger partial charge in [-0.1, -0.05) is 29.8 Å². The van der Waals surface area contributed by atoms with E-state index in [2.05, 4.69) is 15.4 Å². The average molecular weight is 609 g/mol. The van der Waals surface area contributed by atoms with Crippen LogP contribution >= 0.6 is 11.6 Å². The van der Waals surface area contributed by atoms with Gasteiger partial charge >= 0.3 is 6.18 Å². The number of fused-ring (bicyclic) bond motifs is 1. The highest BCUT2D eigenvalue weighted by molar-refractivity contribution is 6.30. The summed E-state index contributed by atoms with van der Waals surface area (Å²) in [7, 11) is 0. The van der Waals surface area contributed by atoms with Crippen molar-refractivity contribution in [3.8, 4) is 0 Å². The molecule has 14 heteroatoms. The highest BCUT2D eigenvalue weighted by Gasteiger charge is 2.56. The zero-order valence-corrected chi connectivity index (χ0v) is 23.9. The summed E-state index contributed by atoms with van der Waals surface area (Å²) in [4.78, 5) is 45.8. The number of halogens is 4. The lowest BCUT2D eigenvalue weighted by Gasteiger charge is -2.40. The number of aromatic nitrogens is 1. The molecule has 42 heavy (non-hydrogen) atoms. The molecular formula is C28H32ClF3N6O4. The van der Waals surface area contributed by atoms with Crippen LogP contribution in [0, 0.1) is 5.41 Å². The Bertz CT molecular complexity index is 1350. The number of ether oxygens (including phenoxy) is 1. The SMILES string of the molecule is CC(C)(N)C(=O)N[C@H](COCc1cccc(Cl)c1)C(=O)N1CCC2=NN(CC(F)(F)F)C(=O)[C@]2(Cc2ccccn2)C1. The molecule has 1 aromatic heterocycles. The fraction of sp³-hybridized carbons (Fsp3) is 0.464. The molecule has 3 N–H and O–H groups in total. The van der Waals surface area contributed by atoms with E-state index >= 15 is 0 Å². The lowest BCUT2D eigenvalue weighted by Crippen LogP contribution is -2.61. The van der Waals surface area contributed by atoms with Crippen LogP contribution in [0.5, 0.6) is 0 Å². The van der Waals surface area contributed by atoms with Gasteiger partial charge in [0.25, 0.3) is 5.91 Å². The molecule has 0 bridgehead atoms. The molecule has 226 valence electrons. The zero-order chi connectivity index (χ0) is 30.7. The third kappa shape index (κ3) is 7.44. The van der Waals surface area contributed by atoms with E-state index in [9.17, 15) is 27.6 Å². The lowest BCUT2D eigenvalue weighted by atomic mass is 9.74. The van der Waals surface area contributed by atoms with Gasteiger partial charge in [-0.25, -0.2) is 5.01 Å². The molecule has 0 spiro atoms. The highest BCUT2D eigenvalue weighted by Crippen LogP contribution is 2.39. The Kier molecular flexibility index (Phi) is 9.24.